The minimum absolute atomic E-state index is 1.07. The fourth-order valence-corrected chi connectivity index (χ4v) is 3.03. The molecule has 1 aromatic heterocycles. The van der Waals surface area contributed by atoms with Gasteiger partial charge in [0.15, 0.2) is 0 Å². The summed E-state index contributed by atoms with van der Waals surface area (Å²) in [4.78, 5) is 4.76. The molecule has 2 aromatic rings. The maximum atomic E-state index is 5.66. The summed E-state index contributed by atoms with van der Waals surface area (Å²) < 4.78 is 1.18. The average molecular weight is 325 g/mol. The fraction of sp³-hybridized carbons (Fsp3) is 0.250. The molecule has 1 aliphatic rings. The summed E-state index contributed by atoms with van der Waals surface area (Å²) >= 11 is 2.33. The number of halogens is 1. The second kappa shape index (κ2) is 3.85. The fourth-order valence-electron chi connectivity index (χ4n) is 2.41. The van der Waals surface area contributed by atoms with Crippen LogP contribution in [0.1, 0.15) is 17.7 Å². The molecule has 0 fully saturated rings. The number of aromatic nitrogens is 1. The molecule has 0 amide bonds. The molecule has 0 unspecified atom stereocenters. The molecule has 0 spiro atoms. The highest BCUT2D eigenvalue weighted by Gasteiger charge is 2.19. The third-order valence-electron chi connectivity index (χ3n) is 3.14. The highest BCUT2D eigenvalue weighted by Crippen LogP contribution is 2.34. The summed E-state index contributed by atoms with van der Waals surface area (Å²) in [7, 11) is 0. The molecule has 0 aliphatic heterocycles. The molecule has 3 rings (SSSR count). The van der Waals surface area contributed by atoms with Crippen LogP contribution in [0.3, 0.4) is 0 Å². The first-order valence-corrected chi connectivity index (χ1v) is 6.45. The Morgan fingerprint density at radius 1 is 1.31 bits per heavy atom. The minimum atomic E-state index is 1.07. The van der Waals surface area contributed by atoms with Crippen molar-refractivity contribution in [3.63, 3.8) is 0 Å². The van der Waals surface area contributed by atoms with Crippen LogP contribution in [0.5, 0.6) is 0 Å². The van der Waals surface area contributed by atoms with Gasteiger partial charge in [0.2, 0.25) is 0 Å². The van der Waals surface area contributed by atoms with Crippen LogP contribution in [-0.2, 0) is 12.8 Å². The van der Waals surface area contributed by atoms with Crippen molar-refractivity contribution in [2.45, 2.75) is 19.3 Å². The minimum Gasteiger partial charge on any atom is -0.323 e. The summed E-state index contributed by atoms with van der Waals surface area (Å²) in [6.45, 7) is 0. The molecule has 0 atom stereocenters. The van der Waals surface area contributed by atoms with Gasteiger partial charge in [-0.25, -0.2) is 0 Å². The smallest absolute Gasteiger partial charge is 0.0860 e. The number of rotatable bonds is 1. The van der Waals surface area contributed by atoms with Gasteiger partial charge < -0.3 is 5.43 Å². The van der Waals surface area contributed by atoms with Crippen LogP contribution in [0.15, 0.2) is 18.2 Å². The molecule has 1 aromatic carbocycles. The molecule has 0 radical (unpaired) electrons. The van der Waals surface area contributed by atoms with Gasteiger partial charge in [0, 0.05) is 14.7 Å². The van der Waals surface area contributed by atoms with Crippen molar-refractivity contribution in [2.75, 3.05) is 5.43 Å². The second-order valence-electron chi connectivity index (χ2n) is 4.05. The molecule has 16 heavy (non-hydrogen) atoms. The molecular formula is C12H12IN3. The first-order chi connectivity index (χ1) is 7.81. The van der Waals surface area contributed by atoms with Crippen molar-refractivity contribution in [2.24, 2.45) is 5.84 Å². The molecular weight excluding hydrogens is 313 g/mol. The van der Waals surface area contributed by atoms with Gasteiger partial charge in [-0.15, -0.1) is 0 Å². The van der Waals surface area contributed by atoms with E-state index in [2.05, 4.69) is 40.1 Å². The van der Waals surface area contributed by atoms with E-state index in [1.165, 1.54) is 21.2 Å². The Hall–Kier alpha value is -0.880. The molecule has 0 bridgehead atoms. The average Bonchev–Trinajstić information content (AvgIpc) is 2.75. The molecule has 4 heteroatoms. The summed E-state index contributed by atoms with van der Waals surface area (Å²) in [6, 6.07) is 6.21. The Labute approximate surface area is 108 Å². The largest absolute Gasteiger partial charge is 0.323 e. The lowest BCUT2D eigenvalue weighted by molar-refractivity contribution is 0.901. The number of nitrogen functional groups attached to an aromatic ring is 1. The van der Waals surface area contributed by atoms with E-state index in [0.717, 1.165) is 29.4 Å². The number of hydrazine groups is 1. The van der Waals surface area contributed by atoms with Gasteiger partial charge in [0.25, 0.3) is 0 Å². The number of hydrogen-bond acceptors (Lipinski definition) is 3. The molecule has 1 aliphatic carbocycles. The molecule has 3 N–H and O–H groups in total. The monoisotopic (exact) mass is 325 g/mol. The van der Waals surface area contributed by atoms with E-state index in [1.54, 1.807) is 0 Å². The molecule has 3 nitrogen and oxygen atoms in total. The van der Waals surface area contributed by atoms with Gasteiger partial charge in [0.05, 0.1) is 11.2 Å². The first kappa shape index (κ1) is 10.3. The van der Waals surface area contributed by atoms with Crippen LogP contribution >= 0.6 is 22.6 Å². The lowest BCUT2D eigenvalue weighted by Gasteiger charge is -2.12. The number of hydrogen-bond donors (Lipinski definition) is 2. The predicted molar refractivity (Wildman–Crippen MR) is 74.3 cm³/mol. The number of nitrogens with zero attached hydrogens (tertiary/aromatic N) is 1. The van der Waals surface area contributed by atoms with E-state index in [4.69, 9.17) is 10.8 Å². The molecule has 0 saturated heterocycles. The number of benzene rings is 1. The third-order valence-corrected chi connectivity index (χ3v) is 4.01. The normalized spacial score (nSPS) is 14.1. The van der Waals surface area contributed by atoms with Crippen LogP contribution < -0.4 is 11.3 Å². The lowest BCUT2D eigenvalue weighted by Crippen LogP contribution is -2.11. The van der Waals surface area contributed by atoms with Gasteiger partial charge in [-0.05, 0) is 53.5 Å². The summed E-state index contributed by atoms with van der Waals surface area (Å²) in [5.41, 5.74) is 7.50. The SMILES string of the molecule is NNc1c2c(nc3c(I)cccc13)CCC2. The Morgan fingerprint density at radius 2 is 2.19 bits per heavy atom. The maximum Gasteiger partial charge on any atom is 0.0860 e. The van der Waals surface area contributed by atoms with Crippen molar-refractivity contribution >= 4 is 39.2 Å². The molecule has 1 heterocycles. The van der Waals surface area contributed by atoms with E-state index < -0.39 is 0 Å². The van der Waals surface area contributed by atoms with Gasteiger partial charge in [0.1, 0.15) is 0 Å². The molecule has 0 saturated carbocycles. The van der Waals surface area contributed by atoms with Crippen LogP contribution in [0.25, 0.3) is 10.9 Å². The number of aryl methyl sites for hydroxylation is 1. The van der Waals surface area contributed by atoms with E-state index >= 15 is 0 Å². The lowest BCUT2D eigenvalue weighted by atomic mass is 10.1. The van der Waals surface area contributed by atoms with E-state index in [0.29, 0.717) is 0 Å². The zero-order chi connectivity index (χ0) is 11.1. The predicted octanol–water partition coefficient (Wildman–Crippen LogP) is 2.61. The van der Waals surface area contributed by atoms with E-state index in [-0.39, 0.29) is 0 Å². The van der Waals surface area contributed by atoms with Gasteiger partial charge >= 0.3 is 0 Å². The van der Waals surface area contributed by atoms with E-state index in [1.807, 2.05) is 6.07 Å². The zero-order valence-electron chi connectivity index (χ0n) is 8.76. The summed E-state index contributed by atoms with van der Waals surface area (Å²) in [5.74, 6) is 5.66. The van der Waals surface area contributed by atoms with Gasteiger partial charge in [-0.1, -0.05) is 12.1 Å². The third kappa shape index (κ3) is 1.40. The van der Waals surface area contributed by atoms with Crippen molar-refractivity contribution < 1.29 is 0 Å². The zero-order valence-corrected chi connectivity index (χ0v) is 10.9. The maximum absolute atomic E-state index is 5.66. The van der Waals surface area contributed by atoms with Crippen molar-refractivity contribution in [3.8, 4) is 0 Å². The van der Waals surface area contributed by atoms with Crippen molar-refractivity contribution in [1.29, 1.82) is 0 Å². The van der Waals surface area contributed by atoms with Crippen LogP contribution in [0.4, 0.5) is 5.69 Å². The summed E-state index contributed by atoms with van der Waals surface area (Å²) in [6.07, 6.45) is 3.35. The number of nitrogens with one attached hydrogen (secondary N) is 1. The van der Waals surface area contributed by atoms with Crippen molar-refractivity contribution in [1.82, 2.24) is 4.98 Å². The van der Waals surface area contributed by atoms with E-state index in [9.17, 15) is 0 Å². The number of anilines is 1. The van der Waals surface area contributed by atoms with Crippen molar-refractivity contribution in [3.05, 3.63) is 33.0 Å². The highest BCUT2D eigenvalue weighted by atomic mass is 127. The van der Waals surface area contributed by atoms with Crippen LogP contribution in [0.2, 0.25) is 0 Å². The van der Waals surface area contributed by atoms with Gasteiger partial charge in [-0.2, -0.15) is 0 Å². The summed E-state index contributed by atoms with van der Waals surface area (Å²) in [5, 5.41) is 1.13. The Kier molecular flexibility index (Phi) is 2.48. The van der Waals surface area contributed by atoms with Crippen LogP contribution in [0, 0.1) is 3.57 Å². The Bertz CT molecular complexity index is 566. The number of pyridine rings is 1. The van der Waals surface area contributed by atoms with Gasteiger partial charge in [-0.3, -0.25) is 10.8 Å². The first-order valence-electron chi connectivity index (χ1n) is 5.38. The Balaban J connectivity index is 2.44. The second-order valence-corrected chi connectivity index (χ2v) is 5.21. The Morgan fingerprint density at radius 3 is 3.00 bits per heavy atom. The molecule has 82 valence electrons. The quantitative estimate of drug-likeness (QED) is 0.481. The highest BCUT2D eigenvalue weighted by molar-refractivity contribution is 14.1. The number of nitrogens with two attached hydrogens (primary N) is 1. The van der Waals surface area contributed by atoms with Crippen LogP contribution in [-0.4, -0.2) is 4.98 Å². The number of fused-ring (bicyclic) bond motifs is 2. The standard InChI is InChI=1S/C12H12IN3/c13-9-5-1-4-8-11(16-14)7-3-2-6-10(7)15-12(8)9/h1,4-5H,2-3,6,14H2,(H,15,16). The topological polar surface area (TPSA) is 50.9 Å². The number of para-hydroxylation sites is 1.